The average molecular weight is 209 g/mol. The van der Waals surface area contributed by atoms with E-state index in [1.807, 2.05) is 0 Å². The van der Waals surface area contributed by atoms with E-state index in [4.69, 9.17) is 0 Å². The van der Waals surface area contributed by atoms with Crippen molar-refractivity contribution in [2.45, 2.75) is 12.5 Å². The number of halogens is 2. The Kier molecular flexibility index (Phi) is 2.49. The molecule has 2 nitrogen and oxygen atoms in total. The Labute approximate surface area is 85.6 Å². The van der Waals surface area contributed by atoms with E-state index in [9.17, 15) is 13.6 Å². The van der Waals surface area contributed by atoms with Gasteiger partial charge in [-0.2, -0.15) is 0 Å². The van der Waals surface area contributed by atoms with Crippen molar-refractivity contribution in [2.75, 3.05) is 0 Å². The van der Waals surface area contributed by atoms with Gasteiger partial charge in [0.1, 0.15) is 0 Å². The summed E-state index contributed by atoms with van der Waals surface area (Å²) in [7, 11) is 0. The van der Waals surface area contributed by atoms with Crippen LogP contribution in [0.25, 0.3) is 0 Å². The summed E-state index contributed by atoms with van der Waals surface area (Å²) in [5.74, 6) is -1.80. The molecule has 1 heterocycles. The highest BCUT2D eigenvalue weighted by Gasteiger charge is 2.17. The molecule has 78 valence electrons. The number of nitrogens with one attached hydrogen (secondary N) is 1. The number of carbonyl (C=O) groups is 1. The van der Waals surface area contributed by atoms with E-state index in [1.54, 1.807) is 0 Å². The molecule has 0 bridgehead atoms. The summed E-state index contributed by atoms with van der Waals surface area (Å²) in [4.78, 5) is 11.1. The van der Waals surface area contributed by atoms with Gasteiger partial charge in [0.05, 0.1) is 6.04 Å². The second kappa shape index (κ2) is 3.81. The Morgan fingerprint density at radius 3 is 2.73 bits per heavy atom. The maximum absolute atomic E-state index is 12.9. The van der Waals surface area contributed by atoms with Crippen LogP contribution in [0.15, 0.2) is 30.5 Å². The lowest BCUT2D eigenvalue weighted by atomic mass is 9.99. The molecule has 4 heteroatoms. The third-order valence-electron chi connectivity index (χ3n) is 2.32. The van der Waals surface area contributed by atoms with Crippen LogP contribution in [0, 0.1) is 11.6 Å². The lowest BCUT2D eigenvalue weighted by Crippen LogP contribution is -2.23. The molecule has 1 aromatic rings. The van der Waals surface area contributed by atoms with Gasteiger partial charge in [0.25, 0.3) is 0 Å². The summed E-state index contributed by atoms with van der Waals surface area (Å²) in [5.41, 5.74) is 0.576. The van der Waals surface area contributed by atoms with Crippen LogP contribution in [-0.2, 0) is 4.79 Å². The van der Waals surface area contributed by atoms with Crippen molar-refractivity contribution < 1.29 is 13.6 Å². The first-order valence-corrected chi connectivity index (χ1v) is 4.57. The van der Waals surface area contributed by atoms with Crippen LogP contribution in [-0.4, -0.2) is 5.78 Å². The Balaban J connectivity index is 2.26. The lowest BCUT2D eigenvalue weighted by molar-refractivity contribution is -0.115. The third kappa shape index (κ3) is 2.03. The molecule has 1 aliphatic heterocycles. The highest BCUT2D eigenvalue weighted by atomic mass is 19.2. The van der Waals surface area contributed by atoms with E-state index in [0.29, 0.717) is 5.56 Å². The van der Waals surface area contributed by atoms with Crippen molar-refractivity contribution in [3.63, 3.8) is 0 Å². The molecule has 0 amide bonds. The number of ketones is 1. The number of rotatable bonds is 1. The van der Waals surface area contributed by atoms with Gasteiger partial charge in [0.2, 0.25) is 0 Å². The molecule has 15 heavy (non-hydrogen) atoms. The first kappa shape index (κ1) is 9.83. The van der Waals surface area contributed by atoms with Crippen molar-refractivity contribution in [3.05, 3.63) is 47.7 Å². The molecular weight excluding hydrogens is 200 g/mol. The Morgan fingerprint density at radius 2 is 2.07 bits per heavy atom. The molecule has 0 unspecified atom stereocenters. The first-order valence-electron chi connectivity index (χ1n) is 4.57. The van der Waals surface area contributed by atoms with Crippen LogP contribution >= 0.6 is 0 Å². The maximum Gasteiger partial charge on any atom is 0.159 e. The van der Waals surface area contributed by atoms with Crippen molar-refractivity contribution in [1.82, 2.24) is 5.32 Å². The van der Waals surface area contributed by atoms with Gasteiger partial charge in [-0.05, 0) is 23.8 Å². The second-order valence-electron chi connectivity index (χ2n) is 3.40. The van der Waals surface area contributed by atoms with Gasteiger partial charge < -0.3 is 5.32 Å². The normalized spacial score (nSPS) is 20.1. The van der Waals surface area contributed by atoms with Crippen molar-refractivity contribution in [2.24, 2.45) is 0 Å². The molecule has 1 aliphatic rings. The smallest absolute Gasteiger partial charge is 0.159 e. The Morgan fingerprint density at radius 1 is 1.27 bits per heavy atom. The highest BCUT2D eigenvalue weighted by molar-refractivity contribution is 5.90. The second-order valence-corrected chi connectivity index (χ2v) is 3.40. The highest BCUT2D eigenvalue weighted by Crippen LogP contribution is 2.21. The zero-order chi connectivity index (χ0) is 10.8. The lowest BCUT2D eigenvalue weighted by Gasteiger charge is -2.19. The molecule has 0 radical (unpaired) electrons. The number of benzene rings is 1. The largest absolute Gasteiger partial charge is 0.384 e. The summed E-state index contributed by atoms with van der Waals surface area (Å²) in [6, 6.07) is 3.38. The minimum Gasteiger partial charge on any atom is -0.384 e. The molecule has 0 fully saturated rings. The summed E-state index contributed by atoms with van der Waals surface area (Å²) in [5, 5.41) is 2.92. The molecule has 0 aliphatic carbocycles. The monoisotopic (exact) mass is 209 g/mol. The summed E-state index contributed by atoms with van der Waals surface area (Å²) >= 11 is 0. The number of allylic oxidation sites excluding steroid dienone is 1. The zero-order valence-corrected chi connectivity index (χ0v) is 7.84. The molecule has 0 saturated carbocycles. The molecule has 1 N–H and O–H groups in total. The predicted molar refractivity (Wildman–Crippen MR) is 51.0 cm³/mol. The van der Waals surface area contributed by atoms with Crippen LogP contribution in [0.4, 0.5) is 8.78 Å². The standard InChI is InChI=1S/C11H9F2NO/c12-9-2-1-7(5-10(9)13)11-6-8(15)3-4-14-11/h1-5,11,14H,6H2/t11-/m0/s1. The van der Waals surface area contributed by atoms with Crippen LogP contribution < -0.4 is 5.32 Å². The molecule has 0 aromatic heterocycles. The number of hydrogen-bond donors (Lipinski definition) is 1. The van der Waals surface area contributed by atoms with Crippen molar-refractivity contribution in [3.8, 4) is 0 Å². The van der Waals surface area contributed by atoms with Crippen molar-refractivity contribution >= 4 is 5.78 Å². The van der Waals surface area contributed by atoms with E-state index in [2.05, 4.69) is 5.32 Å². The minimum absolute atomic E-state index is 0.0246. The summed E-state index contributed by atoms with van der Waals surface area (Å²) in [6.07, 6.45) is 3.22. The molecule has 2 rings (SSSR count). The van der Waals surface area contributed by atoms with E-state index in [1.165, 1.54) is 18.3 Å². The average Bonchev–Trinajstić information content (AvgIpc) is 2.22. The Hall–Kier alpha value is -1.71. The SMILES string of the molecule is O=C1C=CN[C@H](c2ccc(F)c(F)c2)C1. The fourth-order valence-electron chi connectivity index (χ4n) is 1.53. The fraction of sp³-hybridized carbons (Fsp3) is 0.182. The number of hydrogen-bond acceptors (Lipinski definition) is 2. The zero-order valence-electron chi connectivity index (χ0n) is 7.84. The van der Waals surface area contributed by atoms with Crippen LogP contribution in [0.2, 0.25) is 0 Å². The van der Waals surface area contributed by atoms with Gasteiger partial charge in [-0.25, -0.2) is 8.78 Å². The maximum atomic E-state index is 12.9. The predicted octanol–water partition coefficient (Wildman–Crippen LogP) is 2.08. The molecular formula is C11H9F2NO. The van der Waals surface area contributed by atoms with Gasteiger partial charge in [-0.15, -0.1) is 0 Å². The molecule has 0 saturated heterocycles. The quantitative estimate of drug-likeness (QED) is 0.767. The topological polar surface area (TPSA) is 29.1 Å². The van der Waals surface area contributed by atoms with Gasteiger partial charge >= 0.3 is 0 Å². The fourth-order valence-corrected chi connectivity index (χ4v) is 1.53. The van der Waals surface area contributed by atoms with E-state index in [0.717, 1.165) is 12.1 Å². The third-order valence-corrected chi connectivity index (χ3v) is 2.32. The van der Waals surface area contributed by atoms with Crippen LogP contribution in [0.1, 0.15) is 18.0 Å². The van der Waals surface area contributed by atoms with Crippen LogP contribution in [0.3, 0.4) is 0 Å². The molecule has 0 spiro atoms. The Bertz CT molecular complexity index is 429. The van der Waals surface area contributed by atoms with Crippen LogP contribution in [0.5, 0.6) is 0 Å². The van der Waals surface area contributed by atoms with Gasteiger partial charge in [-0.3, -0.25) is 4.79 Å². The van der Waals surface area contributed by atoms with Gasteiger partial charge in [-0.1, -0.05) is 6.07 Å². The molecule has 1 atom stereocenters. The minimum atomic E-state index is -0.892. The summed E-state index contributed by atoms with van der Waals surface area (Å²) < 4.78 is 25.6. The molecule has 1 aromatic carbocycles. The van der Waals surface area contributed by atoms with Crippen molar-refractivity contribution in [1.29, 1.82) is 0 Å². The van der Waals surface area contributed by atoms with Gasteiger partial charge in [0.15, 0.2) is 17.4 Å². The van der Waals surface area contributed by atoms with E-state index in [-0.39, 0.29) is 18.2 Å². The summed E-state index contributed by atoms with van der Waals surface area (Å²) in [6.45, 7) is 0. The number of carbonyl (C=O) groups excluding carboxylic acids is 1. The van der Waals surface area contributed by atoms with Gasteiger partial charge in [0, 0.05) is 12.6 Å². The first-order chi connectivity index (χ1) is 7.16. The van der Waals surface area contributed by atoms with E-state index < -0.39 is 11.6 Å². The van der Waals surface area contributed by atoms with E-state index >= 15 is 0 Å².